The summed E-state index contributed by atoms with van der Waals surface area (Å²) in [5, 5.41) is 6.17. The zero-order valence-corrected chi connectivity index (χ0v) is 7.22. The Labute approximate surface area is 74.6 Å². The highest BCUT2D eigenvalue weighted by atomic mass is 16.5. The second kappa shape index (κ2) is 2.71. The number of nitrogens with one attached hydrogen (secondary N) is 2. The number of ether oxygens (including phenoxy) is 1. The molecule has 4 nitrogen and oxygen atoms in total. The van der Waals surface area contributed by atoms with Crippen molar-refractivity contribution in [1.82, 2.24) is 10.6 Å². The molecule has 2 heterocycles. The molecule has 4 heteroatoms. The third-order valence-electron chi connectivity index (χ3n) is 2.75. The average molecular weight is 174 g/mol. The Balaban J connectivity index is 0.000000845. The van der Waals surface area contributed by atoms with Gasteiger partial charge in [0.15, 0.2) is 0 Å². The summed E-state index contributed by atoms with van der Waals surface area (Å²) in [6.45, 7) is 4.08. The molecule has 1 unspecified atom stereocenters. The summed E-state index contributed by atoms with van der Waals surface area (Å²) in [6, 6.07) is 0.146. The van der Waals surface area contributed by atoms with Gasteiger partial charge in [-0.2, -0.15) is 0 Å². The Kier molecular flexibility index (Phi) is 1.81. The van der Waals surface area contributed by atoms with Crippen LogP contribution in [-0.4, -0.2) is 37.2 Å². The maximum absolute atomic E-state index is 11.0. The number of carbonyl (C=O) groups excluding carboxylic acids is 1. The lowest BCUT2D eigenvalue weighted by molar-refractivity contribution is -0.152. The van der Waals surface area contributed by atoms with E-state index in [1.165, 1.54) is 0 Å². The van der Waals surface area contributed by atoms with Gasteiger partial charge in [-0.15, -0.1) is 0 Å². The van der Waals surface area contributed by atoms with E-state index in [2.05, 4.69) is 17.6 Å². The van der Waals surface area contributed by atoms with Gasteiger partial charge in [0.2, 0.25) is 5.91 Å². The van der Waals surface area contributed by atoms with E-state index in [9.17, 15) is 4.79 Å². The summed E-state index contributed by atoms with van der Waals surface area (Å²) in [5.74, 6) is 0.00109. The van der Waals surface area contributed by atoms with Crippen molar-refractivity contribution in [2.45, 2.75) is 25.0 Å². The highest BCUT2D eigenvalue weighted by Crippen LogP contribution is 2.25. The van der Waals surface area contributed by atoms with Crippen molar-refractivity contribution in [2.24, 2.45) is 0 Å². The minimum absolute atomic E-state index is 0. The molecule has 12 heavy (non-hydrogen) atoms. The lowest BCUT2D eigenvalue weighted by Crippen LogP contribution is -2.65. The van der Waals surface area contributed by atoms with Crippen molar-refractivity contribution >= 4 is 5.91 Å². The number of piperidine rings is 1. The molecule has 1 amide bonds. The van der Waals surface area contributed by atoms with Crippen molar-refractivity contribution in [3.63, 3.8) is 0 Å². The summed E-state index contributed by atoms with van der Waals surface area (Å²) in [4.78, 5) is 11.0. The number of hydrogen-bond donors (Lipinski definition) is 2. The minimum atomic E-state index is -0.140. The minimum Gasteiger partial charge on any atom is -0.363 e. The smallest absolute Gasteiger partial charge is 0.246 e. The summed E-state index contributed by atoms with van der Waals surface area (Å²) >= 11 is 0. The molecular weight excluding hydrogens is 156 g/mol. The molecule has 2 rings (SSSR count). The summed E-state index contributed by atoms with van der Waals surface area (Å²) < 4.78 is 5.53. The fraction of sp³-hybridized carbons (Fsp3) is 0.875. The van der Waals surface area contributed by atoms with Crippen LogP contribution in [-0.2, 0) is 9.53 Å². The topological polar surface area (TPSA) is 50.4 Å². The van der Waals surface area contributed by atoms with Crippen LogP contribution in [0.3, 0.4) is 0 Å². The van der Waals surface area contributed by atoms with E-state index in [1.807, 2.05) is 0 Å². The van der Waals surface area contributed by atoms with E-state index in [4.69, 9.17) is 4.74 Å². The first kappa shape index (κ1) is 8.01. The van der Waals surface area contributed by atoms with Gasteiger partial charge in [-0.1, -0.05) is 0 Å². The zero-order valence-electron chi connectivity index (χ0n) is 7.22. The third-order valence-corrected chi connectivity index (χ3v) is 2.75. The molecule has 2 aliphatic rings. The molecule has 0 aromatic rings. The first-order valence-electron chi connectivity index (χ1n) is 4.35. The Bertz CT molecular complexity index is 216. The van der Waals surface area contributed by atoms with Gasteiger partial charge < -0.3 is 15.4 Å². The van der Waals surface area contributed by atoms with E-state index in [1.54, 1.807) is 0 Å². The number of morpholine rings is 1. The fourth-order valence-corrected chi connectivity index (χ4v) is 1.82. The van der Waals surface area contributed by atoms with Gasteiger partial charge in [0.05, 0.1) is 11.6 Å². The fourth-order valence-electron chi connectivity index (χ4n) is 1.82. The van der Waals surface area contributed by atoms with Crippen molar-refractivity contribution in [1.29, 1.82) is 0 Å². The van der Waals surface area contributed by atoms with Crippen LogP contribution in [0.25, 0.3) is 0 Å². The predicted molar refractivity (Wildman–Crippen MR) is 48.0 cm³/mol. The first-order valence-corrected chi connectivity index (χ1v) is 4.35. The molecule has 0 aromatic carbocycles. The number of carbonyl (C=O) groups is 1. The number of rotatable bonds is 0. The van der Waals surface area contributed by atoms with Crippen LogP contribution in [0.2, 0.25) is 0 Å². The van der Waals surface area contributed by atoms with Crippen molar-refractivity contribution in [2.75, 3.05) is 19.7 Å². The molecule has 2 fully saturated rings. The van der Waals surface area contributed by atoms with Crippen LogP contribution in [0.4, 0.5) is 0 Å². The molecular formula is C8H18N2O2. The van der Waals surface area contributed by atoms with Crippen LogP contribution >= 0.6 is 0 Å². The van der Waals surface area contributed by atoms with E-state index in [0.717, 1.165) is 19.5 Å². The van der Waals surface area contributed by atoms with Gasteiger partial charge in [0, 0.05) is 9.40 Å². The molecule has 0 aliphatic carbocycles. The highest BCUT2D eigenvalue weighted by molar-refractivity contribution is 5.78. The van der Waals surface area contributed by atoms with Gasteiger partial charge in [-0.3, -0.25) is 4.79 Å². The van der Waals surface area contributed by atoms with Crippen LogP contribution < -0.4 is 10.6 Å². The van der Waals surface area contributed by atoms with Gasteiger partial charge in [0.1, 0.15) is 6.61 Å². The summed E-state index contributed by atoms with van der Waals surface area (Å²) in [7, 11) is 0. The molecule has 0 aromatic heterocycles. The molecule has 2 saturated heterocycles. The normalized spacial score (nSPS) is 41.8. The van der Waals surface area contributed by atoms with E-state index < -0.39 is 0 Å². The lowest BCUT2D eigenvalue weighted by atomic mass is 9.88. The molecule has 0 saturated carbocycles. The Morgan fingerprint density at radius 1 is 1.75 bits per heavy atom. The van der Waals surface area contributed by atoms with Gasteiger partial charge in [0.25, 0.3) is 0 Å². The third kappa shape index (κ3) is 1.21. The van der Waals surface area contributed by atoms with E-state index in [0.29, 0.717) is 0 Å². The number of amides is 1. The Morgan fingerprint density at radius 3 is 3.42 bits per heavy atom. The second-order valence-corrected chi connectivity index (χ2v) is 3.68. The quantitative estimate of drug-likeness (QED) is 0.532. The molecule has 0 bridgehead atoms. The van der Waals surface area contributed by atoms with Gasteiger partial charge in [-0.05, 0) is 19.9 Å². The highest BCUT2D eigenvalue weighted by Gasteiger charge is 2.41. The Morgan fingerprint density at radius 2 is 2.58 bits per heavy atom. The van der Waals surface area contributed by atoms with Crippen LogP contribution in [0.15, 0.2) is 0 Å². The van der Waals surface area contributed by atoms with E-state index >= 15 is 0 Å². The van der Waals surface area contributed by atoms with Crippen LogP contribution in [0, 0.1) is 0 Å². The molecule has 0 spiro atoms. The van der Waals surface area contributed by atoms with Gasteiger partial charge in [-0.25, -0.2) is 0 Å². The molecule has 72 valence electrons. The van der Waals surface area contributed by atoms with Crippen molar-refractivity contribution < 1.29 is 12.4 Å². The molecule has 2 aliphatic heterocycles. The Hall–Kier alpha value is -0.610. The lowest BCUT2D eigenvalue weighted by Gasteiger charge is -2.44. The molecule has 2 atom stereocenters. The van der Waals surface area contributed by atoms with Crippen molar-refractivity contribution in [3.05, 3.63) is 0 Å². The maximum atomic E-state index is 11.0. The number of fused-ring (bicyclic) bond motifs is 1. The van der Waals surface area contributed by atoms with Crippen LogP contribution in [0.5, 0.6) is 0 Å². The molecule has 2 N–H and O–H groups in total. The SMILES string of the molecule is C[C@]12CCNCC1NC(=O)CO2.[HH].[HH]. The second-order valence-electron chi connectivity index (χ2n) is 3.68. The largest absolute Gasteiger partial charge is 0.363 e. The van der Waals surface area contributed by atoms with Crippen molar-refractivity contribution in [3.8, 4) is 0 Å². The monoisotopic (exact) mass is 174 g/mol. The average Bonchev–Trinajstić information content (AvgIpc) is 2.06. The molecule has 0 radical (unpaired) electrons. The van der Waals surface area contributed by atoms with E-state index in [-0.39, 0.29) is 27.0 Å². The standard InChI is InChI=1S/C8H14N2O2.2H2/c1-8-2-3-9-4-6(8)10-7(11)5-12-8;;/h6,9H,2-5H2,1H3,(H,10,11);2*1H/t6?,8-;;/m0../s1. The first-order chi connectivity index (χ1) is 5.71. The summed E-state index contributed by atoms with van der Waals surface area (Å²) in [6.07, 6.45) is 0.970. The zero-order chi connectivity index (χ0) is 8.60. The van der Waals surface area contributed by atoms with Crippen LogP contribution in [0.1, 0.15) is 16.2 Å². The number of hydrogen-bond acceptors (Lipinski definition) is 3. The predicted octanol–water partition coefficient (Wildman–Crippen LogP) is -0.255. The maximum Gasteiger partial charge on any atom is 0.246 e. The van der Waals surface area contributed by atoms with Gasteiger partial charge >= 0.3 is 0 Å². The summed E-state index contributed by atoms with van der Waals surface area (Å²) in [5.41, 5.74) is -0.140.